The highest BCUT2D eigenvalue weighted by Crippen LogP contribution is 2.30. The summed E-state index contributed by atoms with van der Waals surface area (Å²) in [5.74, 6) is -0.660. The summed E-state index contributed by atoms with van der Waals surface area (Å²) in [4.78, 5) is 0. The molecule has 0 saturated carbocycles. The van der Waals surface area contributed by atoms with Crippen molar-refractivity contribution in [3.63, 3.8) is 0 Å². The molecular formula is C8H14O3. The molecule has 0 saturated heterocycles. The Hall–Kier alpha value is -0.540. The first-order valence-corrected chi connectivity index (χ1v) is 3.75. The summed E-state index contributed by atoms with van der Waals surface area (Å²) in [7, 11) is 3.08. The van der Waals surface area contributed by atoms with Gasteiger partial charge in [-0.15, -0.1) is 0 Å². The number of methoxy groups -OCH3 is 2. The Bertz CT molecular complexity index is 159. The van der Waals surface area contributed by atoms with Gasteiger partial charge in [0.25, 0.3) is 0 Å². The lowest BCUT2D eigenvalue weighted by molar-refractivity contribution is -0.204. The molecule has 3 heteroatoms. The molecule has 0 aromatic heterocycles. The van der Waals surface area contributed by atoms with Crippen LogP contribution in [0.25, 0.3) is 0 Å². The SMILES string of the molecule is COC1(OC)CCCC=C1O. The van der Waals surface area contributed by atoms with Crippen molar-refractivity contribution < 1.29 is 14.6 Å². The standard InChI is InChI=1S/C8H14O3/c1-10-8(11-2)6-4-3-5-7(8)9/h5,9H,3-4,6H2,1-2H3. The molecule has 0 bridgehead atoms. The topological polar surface area (TPSA) is 38.7 Å². The molecule has 1 rings (SSSR count). The third-order valence-corrected chi connectivity index (χ3v) is 2.10. The fourth-order valence-electron chi connectivity index (χ4n) is 1.35. The fraction of sp³-hybridized carbons (Fsp3) is 0.750. The number of allylic oxidation sites excluding steroid dienone is 1. The number of hydrogen-bond donors (Lipinski definition) is 1. The van der Waals surface area contributed by atoms with Crippen LogP contribution in [0.5, 0.6) is 0 Å². The lowest BCUT2D eigenvalue weighted by atomic mass is 9.99. The number of ether oxygens (including phenoxy) is 2. The van der Waals surface area contributed by atoms with Crippen LogP contribution in [0.4, 0.5) is 0 Å². The zero-order valence-electron chi connectivity index (χ0n) is 6.96. The van der Waals surface area contributed by atoms with E-state index in [4.69, 9.17) is 9.47 Å². The molecule has 0 aromatic carbocycles. The van der Waals surface area contributed by atoms with Gasteiger partial charge >= 0.3 is 0 Å². The van der Waals surface area contributed by atoms with Crippen molar-refractivity contribution >= 4 is 0 Å². The highest BCUT2D eigenvalue weighted by Gasteiger charge is 2.36. The van der Waals surface area contributed by atoms with Gasteiger partial charge in [0.2, 0.25) is 5.79 Å². The van der Waals surface area contributed by atoms with Gasteiger partial charge in [0.1, 0.15) is 5.76 Å². The number of aliphatic hydroxyl groups is 1. The van der Waals surface area contributed by atoms with Crippen LogP contribution in [0.15, 0.2) is 11.8 Å². The Morgan fingerprint density at radius 3 is 2.45 bits per heavy atom. The van der Waals surface area contributed by atoms with Crippen LogP contribution in [-0.2, 0) is 9.47 Å². The van der Waals surface area contributed by atoms with Gasteiger partial charge in [-0.2, -0.15) is 0 Å². The minimum absolute atomic E-state index is 0.203. The van der Waals surface area contributed by atoms with Crippen molar-refractivity contribution in [3.8, 4) is 0 Å². The summed E-state index contributed by atoms with van der Waals surface area (Å²) in [6.07, 6.45) is 4.37. The van der Waals surface area contributed by atoms with Gasteiger partial charge in [-0.1, -0.05) is 0 Å². The van der Waals surface area contributed by atoms with E-state index in [2.05, 4.69) is 0 Å². The molecule has 0 radical (unpaired) electrons. The van der Waals surface area contributed by atoms with Crippen LogP contribution in [0.3, 0.4) is 0 Å². The van der Waals surface area contributed by atoms with Gasteiger partial charge in [0.15, 0.2) is 0 Å². The predicted molar refractivity (Wildman–Crippen MR) is 41.3 cm³/mol. The summed E-state index contributed by atoms with van der Waals surface area (Å²) in [6.45, 7) is 0. The molecule has 0 atom stereocenters. The van der Waals surface area contributed by atoms with Gasteiger partial charge in [-0.3, -0.25) is 0 Å². The second-order valence-electron chi connectivity index (χ2n) is 2.64. The van der Waals surface area contributed by atoms with Gasteiger partial charge in [0.05, 0.1) is 0 Å². The van der Waals surface area contributed by atoms with Crippen molar-refractivity contribution in [2.75, 3.05) is 14.2 Å². The van der Waals surface area contributed by atoms with E-state index >= 15 is 0 Å². The third kappa shape index (κ3) is 1.39. The van der Waals surface area contributed by atoms with E-state index in [0.29, 0.717) is 0 Å². The lowest BCUT2D eigenvalue weighted by Gasteiger charge is -2.32. The Kier molecular flexibility index (Phi) is 2.52. The van der Waals surface area contributed by atoms with Gasteiger partial charge in [-0.25, -0.2) is 0 Å². The molecular weight excluding hydrogens is 144 g/mol. The summed E-state index contributed by atoms with van der Waals surface area (Å²) in [5.41, 5.74) is 0. The van der Waals surface area contributed by atoms with Crippen LogP contribution in [0.2, 0.25) is 0 Å². The number of rotatable bonds is 2. The van der Waals surface area contributed by atoms with Gasteiger partial charge < -0.3 is 14.6 Å². The quantitative estimate of drug-likeness (QED) is 0.620. The smallest absolute Gasteiger partial charge is 0.226 e. The summed E-state index contributed by atoms with van der Waals surface area (Å²) >= 11 is 0. The average molecular weight is 158 g/mol. The maximum atomic E-state index is 9.43. The van der Waals surface area contributed by atoms with Crippen molar-refractivity contribution in [3.05, 3.63) is 11.8 Å². The monoisotopic (exact) mass is 158 g/mol. The third-order valence-electron chi connectivity index (χ3n) is 2.10. The molecule has 3 nitrogen and oxygen atoms in total. The fourth-order valence-corrected chi connectivity index (χ4v) is 1.35. The second-order valence-corrected chi connectivity index (χ2v) is 2.64. The minimum Gasteiger partial charge on any atom is -0.507 e. The Labute approximate surface area is 66.6 Å². The molecule has 11 heavy (non-hydrogen) atoms. The molecule has 0 heterocycles. The van der Waals surface area contributed by atoms with Crippen LogP contribution < -0.4 is 0 Å². The first-order chi connectivity index (χ1) is 5.25. The molecule has 0 spiro atoms. The van der Waals surface area contributed by atoms with E-state index in [-0.39, 0.29) is 5.76 Å². The van der Waals surface area contributed by atoms with Gasteiger partial charge in [0, 0.05) is 20.6 Å². The second kappa shape index (κ2) is 3.24. The largest absolute Gasteiger partial charge is 0.507 e. The molecule has 1 N–H and O–H groups in total. The minimum atomic E-state index is -0.863. The maximum Gasteiger partial charge on any atom is 0.226 e. The van der Waals surface area contributed by atoms with Crippen LogP contribution in [-0.4, -0.2) is 25.1 Å². The molecule has 0 fully saturated rings. The van der Waals surface area contributed by atoms with Crippen molar-refractivity contribution in [2.45, 2.75) is 25.0 Å². The Morgan fingerprint density at radius 2 is 2.09 bits per heavy atom. The van der Waals surface area contributed by atoms with Crippen LogP contribution in [0.1, 0.15) is 19.3 Å². The van der Waals surface area contributed by atoms with E-state index < -0.39 is 5.79 Å². The Morgan fingerprint density at radius 1 is 1.45 bits per heavy atom. The van der Waals surface area contributed by atoms with Crippen LogP contribution >= 0.6 is 0 Å². The Balaban J connectivity index is 2.79. The van der Waals surface area contributed by atoms with E-state index in [9.17, 15) is 5.11 Å². The summed E-state index contributed by atoms with van der Waals surface area (Å²) < 4.78 is 10.2. The molecule has 0 amide bonds. The average Bonchev–Trinajstić information content (AvgIpc) is 2.06. The lowest BCUT2D eigenvalue weighted by Crippen LogP contribution is -2.37. The molecule has 1 aliphatic carbocycles. The zero-order chi connectivity index (χ0) is 8.32. The van der Waals surface area contributed by atoms with E-state index in [1.54, 1.807) is 20.3 Å². The van der Waals surface area contributed by atoms with Gasteiger partial charge in [-0.05, 0) is 18.9 Å². The zero-order valence-corrected chi connectivity index (χ0v) is 6.96. The van der Waals surface area contributed by atoms with E-state index in [0.717, 1.165) is 19.3 Å². The predicted octanol–water partition coefficient (Wildman–Crippen LogP) is 1.60. The molecule has 0 aliphatic heterocycles. The molecule has 1 aliphatic rings. The maximum absolute atomic E-state index is 9.43. The highest BCUT2D eigenvalue weighted by molar-refractivity contribution is 5.07. The first kappa shape index (κ1) is 8.56. The summed E-state index contributed by atoms with van der Waals surface area (Å²) in [5, 5.41) is 9.43. The van der Waals surface area contributed by atoms with Crippen molar-refractivity contribution in [1.82, 2.24) is 0 Å². The van der Waals surface area contributed by atoms with E-state index in [1.807, 2.05) is 0 Å². The molecule has 64 valence electrons. The molecule has 0 unspecified atom stereocenters. The summed E-state index contributed by atoms with van der Waals surface area (Å²) in [6, 6.07) is 0. The normalized spacial score (nSPS) is 22.9. The number of hydrogen-bond acceptors (Lipinski definition) is 3. The van der Waals surface area contributed by atoms with Crippen molar-refractivity contribution in [1.29, 1.82) is 0 Å². The van der Waals surface area contributed by atoms with Crippen LogP contribution in [0, 0.1) is 0 Å². The van der Waals surface area contributed by atoms with Crippen molar-refractivity contribution in [2.24, 2.45) is 0 Å². The van der Waals surface area contributed by atoms with E-state index in [1.165, 1.54) is 0 Å². The highest BCUT2D eigenvalue weighted by atomic mass is 16.7. The molecule has 0 aromatic rings. The first-order valence-electron chi connectivity index (χ1n) is 3.75. The number of aliphatic hydroxyl groups excluding tert-OH is 1.